The minimum Gasteiger partial charge on any atom is -0.480 e. The number of nitrogens with two attached hydrogens (primary N) is 1. The molecule has 0 aliphatic heterocycles. The molecular formula is C8H16N2O5S. The van der Waals surface area contributed by atoms with Gasteiger partial charge < -0.3 is 10.8 Å². The lowest BCUT2D eigenvalue weighted by Crippen LogP contribution is -2.44. The highest BCUT2D eigenvalue weighted by Crippen LogP contribution is 2.01. The summed E-state index contributed by atoms with van der Waals surface area (Å²) in [7, 11) is -3.71. The van der Waals surface area contributed by atoms with Crippen molar-refractivity contribution in [1.82, 2.24) is 4.72 Å². The Labute approximate surface area is 94.1 Å². The third-order valence-corrected chi connectivity index (χ3v) is 3.33. The van der Waals surface area contributed by atoms with Crippen molar-refractivity contribution >= 4 is 21.9 Å². The molecule has 0 saturated heterocycles. The molecule has 0 rings (SSSR count). The maximum absolute atomic E-state index is 11.4. The summed E-state index contributed by atoms with van der Waals surface area (Å²) in [6.45, 7) is 3.37. The van der Waals surface area contributed by atoms with Gasteiger partial charge in [-0.25, -0.2) is 13.1 Å². The maximum Gasteiger partial charge on any atom is 0.322 e. The number of carbonyl (C=O) groups excluding carboxylic acids is 1. The van der Waals surface area contributed by atoms with E-state index < -0.39 is 34.4 Å². The first-order valence-corrected chi connectivity index (χ1v) is 6.30. The van der Waals surface area contributed by atoms with Crippen molar-refractivity contribution in [3.8, 4) is 0 Å². The Morgan fingerprint density at radius 1 is 1.38 bits per heavy atom. The van der Waals surface area contributed by atoms with Gasteiger partial charge in [0.2, 0.25) is 15.9 Å². The normalized spacial score (nSPS) is 13.7. The molecule has 1 amide bonds. The van der Waals surface area contributed by atoms with Gasteiger partial charge in [0.1, 0.15) is 6.04 Å². The number of carboxylic acid groups (broad SMARTS) is 1. The highest BCUT2D eigenvalue weighted by Gasteiger charge is 2.26. The lowest BCUT2D eigenvalue weighted by molar-refractivity contribution is -0.140. The zero-order valence-corrected chi connectivity index (χ0v) is 9.95. The number of nitrogens with one attached hydrogen (secondary N) is 1. The van der Waals surface area contributed by atoms with Crippen LogP contribution in [0.2, 0.25) is 0 Å². The smallest absolute Gasteiger partial charge is 0.322 e. The van der Waals surface area contributed by atoms with Gasteiger partial charge in [-0.3, -0.25) is 9.59 Å². The fourth-order valence-electron chi connectivity index (χ4n) is 1.08. The molecule has 4 N–H and O–H groups in total. The van der Waals surface area contributed by atoms with E-state index in [1.807, 2.05) is 4.72 Å². The molecule has 16 heavy (non-hydrogen) atoms. The van der Waals surface area contributed by atoms with Crippen LogP contribution in [0.4, 0.5) is 0 Å². The molecule has 0 heterocycles. The molecule has 94 valence electrons. The second-order valence-corrected chi connectivity index (χ2v) is 5.65. The minimum absolute atomic E-state index is 0.138. The average molecular weight is 252 g/mol. The van der Waals surface area contributed by atoms with E-state index in [-0.39, 0.29) is 11.7 Å². The van der Waals surface area contributed by atoms with E-state index in [1.165, 1.54) is 0 Å². The van der Waals surface area contributed by atoms with Crippen molar-refractivity contribution in [3.05, 3.63) is 0 Å². The van der Waals surface area contributed by atoms with Crippen molar-refractivity contribution in [2.45, 2.75) is 26.3 Å². The van der Waals surface area contributed by atoms with E-state index in [0.29, 0.717) is 0 Å². The second-order valence-electron chi connectivity index (χ2n) is 3.85. The van der Waals surface area contributed by atoms with Gasteiger partial charge in [-0.05, 0) is 5.92 Å². The Kier molecular flexibility index (Phi) is 5.39. The summed E-state index contributed by atoms with van der Waals surface area (Å²) in [5, 5.41) is 8.68. The van der Waals surface area contributed by atoms with Gasteiger partial charge in [-0.15, -0.1) is 0 Å². The Morgan fingerprint density at radius 2 is 1.88 bits per heavy atom. The third kappa shape index (κ3) is 6.36. The number of aliphatic carboxylic acids is 1. The summed E-state index contributed by atoms with van der Waals surface area (Å²) in [5.74, 6) is -2.64. The third-order valence-electron chi connectivity index (χ3n) is 1.58. The fourth-order valence-corrected chi connectivity index (χ4v) is 2.68. The topological polar surface area (TPSA) is 127 Å². The van der Waals surface area contributed by atoms with Gasteiger partial charge in [0.05, 0.1) is 12.2 Å². The summed E-state index contributed by atoms with van der Waals surface area (Å²) >= 11 is 0. The quantitative estimate of drug-likeness (QED) is 0.529. The lowest BCUT2D eigenvalue weighted by atomic mass is 10.2. The molecule has 0 spiro atoms. The van der Waals surface area contributed by atoms with Gasteiger partial charge in [0, 0.05) is 0 Å². The molecule has 0 aromatic heterocycles. The first-order valence-electron chi connectivity index (χ1n) is 4.65. The van der Waals surface area contributed by atoms with Crippen LogP contribution in [0, 0.1) is 5.92 Å². The Balaban J connectivity index is 4.63. The van der Waals surface area contributed by atoms with E-state index in [0.717, 1.165) is 0 Å². The Bertz CT molecular complexity index is 363. The summed E-state index contributed by atoms with van der Waals surface area (Å²) in [4.78, 5) is 21.2. The van der Waals surface area contributed by atoms with Gasteiger partial charge in [-0.1, -0.05) is 13.8 Å². The number of carboxylic acids is 1. The molecule has 1 atom stereocenters. The fraction of sp³-hybridized carbons (Fsp3) is 0.750. The van der Waals surface area contributed by atoms with Crippen LogP contribution in [0.3, 0.4) is 0 Å². The maximum atomic E-state index is 11.4. The molecule has 0 aromatic rings. The monoisotopic (exact) mass is 252 g/mol. The standard InChI is InChI=1S/C8H16N2O5S/c1-5(2)4-16(14,15)10-6(8(12)13)3-7(9)11/h5-6,10H,3-4H2,1-2H3,(H2,9,11)(H,12,13). The van der Waals surface area contributed by atoms with Gasteiger partial charge in [0.25, 0.3) is 0 Å². The highest BCUT2D eigenvalue weighted by molar-refractivity contribution is 7.89. The van der Waals surface area contributed by atoms with Crippen LogP contribution in [-0.2, 0) is 19.6 Å². The molecule has 0 fully saturated rings. The minimum atomic E-state index is -3.71. The number of primary amides is 1. The number of carbonyl (C=O) groups is 2. The zero-order valence-electron chi connectivity index (χ0n) is 9.13. The number of hydrogen-bond acceptors (Lipinski definition) is 4. The van der Waals surface area contributed by atoms with Crippen LogP contribution in [0.1, 0.15) is 20.3 Å². The van der Waals surface area contributed by atoms with Crippen molar-refractivity contribution in [3.63, 3.8) is 0 Å². The summed E-state index contributed by atoms with van der Waals surface area (Å²) < 4.78 is 24.7. The first kappa shape index (κ1) is 14.8. The van der Waals surface area contributed by atoms with Crippen molar-refractivity contribution in [2.75, 3.05) is 5.75 Å². The number of rotatable bonds is 7. The van der Waals surface area contributed by atoms with Crippen LogP contribution in [-0.4, -0.2) is 37.2 Å². The SMILES string of the molecule is CC(C)CS(=O)(=O)NC(CC(N)=O)C(=O)O. The molecule has 8 heteroatoms. The molecular weight excluding hydrogens is 236 g/mol. The van der Waals surface area contributed by atoms with Gasteiger partial charge in [0.15, 0.2) is 0 Å². The Morgan fingerprint density at radius 3 is 2.19 bits per heavy atom. The number of hydrogen-bond donors (Lipinski definition) is 3. The van der Waals surface area contributed by atoms with Crippen molar-refractivity contribution < 1.29 is 23.1 Å². The Hall–Kier alpha value is -1.15. The van der Waals surface area contributed by atoms with E-state index in [4.69, 9.17) is 10.8 Å². The molecule has 0 saturated carbocycles. The van der Waals surface area contributed by atoms with Crippen LogP contribution in [0.25, 0.3) is 0 Å². The predicted octanol–water partition coefficient (Wildman–Crippen LogP) is -1.11. The zero-order chi connectivity index (χ0) is 12.9. The van der Waals surface area contributed by atoms with E-state index in [2.05, 4.69) is 0 Å². The van der Waals surface area contributed by atoms with Crippen molar-refractivity contribution in [1.29, 1.82) is 0 Å². The number of amides is 1. The summed E-state index contributed by atoms with van der Waals surface area (Å²) in [6.07, 6.45) is -0.563. The molecule has 0 bridgehead atoms. The van der Waals surface area contributed by atoms with Crippen LogP contribution in [0.15, 0.2) is 0 Å². The lowest BCUT2D eigenvalue weighted by Gasteiger charge is -2.14. The highest BCUT2D eigenvalue weighted by atomic mass is 32.2. The van der Waals surface area contributed by atoms with E-state index >= 15 is 0 Å². The van der Waals surface area contributed by atoms with E-state index in [1.54, 1.807) is 13.8 Å². The molecule has 7 nitrogen and oxygen atoms in total. The predicted molar refractivity (Wildman–Crippen MR) is 57.0 cm³/mol. The molecule has 0 aliphatic rings. The van der Waals surface area contributed by atoms with E-state index in [9.17, 15) is 18.0 Å². The molecule has 1 unspecified atom stereocenters. The average Bonchev–Trinajstić information content (AvgIpc) is 1.98. The van der Waals surface area contributed by atoms with Gasteiger partial charge in [-0.2, -0.15) is 0 Å². The van der Waals surface area contributed by atoms with Crippen LogP contribution >= 0.6 is 0 Å². The van der Waals surface area contributed by atoms with Gasteiger partial charge >= 0.3 is 5.97 Å². The van der Waals surface area contributed by atoms with Crippen LogP contribution < -0.4 is 10.5 Å². The molecule has 0 radical (unpaired) electrons. The first-order chi connectivity index (χ1) is 7.14. The summed E-state index contributed by atoms with van der Waals surface area (Å²) in [5.41, 5.74) is 4.81. The second kappa shape index (κ2) is 5.80. The van der Waals surface area contributed by atoms with Crippen molar-refractivity contribution in [2.24, 2.45) is 11.7 Å². The molecule has 0 aliphatic carbocycles. The number of sulfonamides is 1. The molecule has 0 aromatic carbocycles. The largest absolute Gasteiger partial charge is 0.480 e. The summed E-state index contributed by atoms with van der Waals surface area (Å²) in [6, 6.07) is -1.50. The van der Waals surface area contributed by atoms with Crippen LogP contribution in [0.5, 0.6) is 0 Å².